The number of likely N-dealkylation sites (N-methyl/N-ethyl adjacent to an activating group) is 1. The Morgan fingerprint density at radius 3 is 2.58 bits per heavy atom. The van der Waals surface area contributed by atoms with Crippen LogP contribution >= 0.6 is 11.3 Å². The van der Waals surface area contributed by atoms with Crippen molar-refractivity contribution in [1.29, 1.82) is 0 Å². The first kappa shape index (κ1) is 17.8. The molecule has 7 heteroatoms. The van der Waals surface area contributed by atoms with Gasteiger partial charge in [0.15, 0.2) is 0 Å². The second-order valence-corrected chi connectivity index (χ2v) is 10.6. The van der Waals surface area contributed by atoms with Crippen molar-refractivity contribution >= 4 is 31.6 Å². The molecule has 1 heterocycles. The molecule has 132 valence electrons. The first-order chi connectivity index (χ1) is 11.1. The lowest BCUT2D eigenvalue weighted by molar-refractivity contribution is 0.340. The molecule has 0 aliphatic heterocycles. The predicted octanol–water partition coefficient (Wildman–Crippen LogP) is 2.95. The Morgan fingerprint density at radius 2 is 2.04 bits per heavy atom. The van der Waals surface area contributed by atoms with Gasteiger partial charge in [-0.1, -0.05) is 20.8 Å². The average Bonchev–Trinajstić information content (AvgIpc) is 3.23. The average molecular weight is 368 g/mol. The van der Waals surface area contributed by atoms with E-state index in [2.05, 4.69) is 25.8 Å². The fourth-order valence-corrected chi connectivity index (χ4v) is 5.44. The standard InChI is InChI=1S/C17H25N3O2S2/c1-17(2,3)16-19-13-8-7-12(9-15(13)23-16)24(21,22)20(4)14(10-18)11-5-6-11/h7-9,11,14H,5-6,10,18H2,1-4H3. The zero-order valence-corrected chi connectivity index (χ0v) is 16.2. The van der Waals surface area contributed by atoms with Crippen LogP contribution in [-0.2, 0) is 15.4 Å². The van der Waals surface area contributed by atoms with Crippen molar-refractivity contribution in [2.45, 2.75) is 50.0 Å². The smallest absolute Gasteiger partial charge is 0.243 e. The summed E-state index contributed by atoms with van der Waals surface area (Å²) in [5, 5.41) is 1.01. The van der Waals surface area contributed by atoms with E-state index in [0.29, 0.717) is 17.4 Å². The quantitative estimate of drug-likeness (QED) is 0.881. The summed E-state index contributed by atoms with van der Waals surface area (Å²) in [7, 11) is -1.90. The number of benzene rings is 1. The lowest BCUT2D eigenvalue weighted by Crippen LogP contribution is -2.43. The Kier molecular flexibility index (Phi) is 4.49. The summed E-state index contributed by atoms with van der Waals surface area (Å²) in [4.78, 5) is 4.95. The molecule has 2 aromatic rings. The van der Waals surface area contributed by atoms with Crippen LogP contribution in [0, 0.1) is 5.92 Å². The highest BCUT2D eigenvalue weighted by atomic mass is 32.2. The van der Waals surface area contributed by atoms with E-state index in [1.165, 1.54) is 4.31 Å². The molecule has 1 aliphatic carbocycles. The Hall–Kier alpha value is -1.02. The summed E-state index contributed by atoms with van der Waals surface area (Å²) in [6, 6.07) is 5.09. The van der Waals surface area contributed by atoms with Gasteiger partial charge in [-0.3, -0.25) is 0 Å². The predicted molar refractivity (Wildman–Crippen MR) is 98.8 cm³/mol. The normalized spacial score (nSPS) is 17.6. The zero-order valence-electron chi connectivity index (χ0n) is 14.6. The molecule has 1 aromatic heterocycles. The third-order valence-electron chi connectivity index (χ3n) is 4.55. The zero-order chi connectivity index (χ0) is 17.7. The number of sulfonamides is 1. The van der Waals surface area contributed by atoms with Crippen LogP contribution in [0.15, 0.2) is 23.1 Å². The van der Waals surface area contributed by atoms with Crippen molar-refractivity contribution in [3.8, 4) is 0 Å². The molecule has 1 aliphatic rings. The number of nitrogens with two attached hydrogens (primary N) is 1. The Morgan fingerprint density at radius 1 is 1.38 bits per heavy atom. The van der Waals surface area contributed by atoms with Gasteiger partial charge in [0.2, 0.25) is 10.0 Å². The van der Waals surface area contributed by atoms with Gasteiger partial charge in [0, 0.05) is 25.0 Å². The summed E-state index contributed by atoms with van der Waals surface area (Å²) < 4.78 is 28.3. The monoisotopic (exact) mass is 367 g/mol. The van der Waals surface area contributed by atoms with Crippen molar-refractivity contribution in [3.63, 3.8) is 0 Å². The molecule has 5 nitrogen and oxygen atoms in total. The van der Waals surface area contributed by atoms with Crippen LogP contribution in [0.2, 0.25) is 0 Å². The minimum absolute atomic E-state index is 0.0455. The van der Waals surface area contributed by atoms with E-state index in [0.717, 1.165) is 28.1 Å². The third-order valence-corrected chi connectivity index (χ3v) is 7.88. The largest absolute Gasteiger partial charge is 0.329 e. The molecule has 0 saturated heterocycles. The number of hydrogen-bond acceptors (Lipinski definition) is 5. The molecule has 1 saturated carbocycles. The SMILES string of the molecule is CN(C(CN)C1CC1)S(=O)(=O)c1ccc2nc(C(C)(C)C)sc2c1. The first-order valence-corrected chi connectivity index (χ1v) is 10.5. The maximum atomic E-state index is 13.0. The summed E-state index contributed by atoms with van der Waals surface area (Å²) in [6.07, 6.45) is 2.12. The van der Waals surface area contributed by atoms with Crippen LogP contribution < -0.4 is 5.73 Å². The van der Waals surface area contributed by atoms with E-state index >= 15 is 0 Å². The minimum atomic E-state index is -3.54. The van der Waals surface area contributed by atoms with Crippen molar-refractivity contribution in [3.05, 3.63) is 23.2 Å². The Labute approximate surface area is 147 Å². The minimum Gasteiger partial charge on any atom is -0.329 e. The summed E-state index contributed by atoms with van der Waals surface area (Å²) in [6.45, 7) is 6.68. The van der Waals surface area contributed by atoms with Gasteiger partial charge in [0.25, 0.3) is 0 Å². The van der Waals surface area contributed by atoms with Crippen molar-refractivity contribution in [1.82, 2.24) is 9.29 Å². The van der Waals surface area contributed by atoms with Gasteiger partial charge in [-0.2, -0.15) is 4.31 Å². The van der Waals surface area contributed by atoms with E-state index < -0.39 is 10.0 Å². The van der Waals surface area contributed by atoms with Gasteiger partial charge in [-0.25, -0.2) is 13.4 Å². The van der Waals surface area contributed by atoms with Gasteiger partial charge in [-0.15, -0.1) is 11.3 Å². The summed E-state index contributed by atoms with van der Waals surface area (Å²) in [5.74, 6) is 0.398. The highest BCUT2D eigenvalue weighted by molar-refractivity contribution is 7.89. The number of hydrogen-bond donors (Lipinski definition) is 1. The van der Waals surface area contributed by atoms with Crippen molar-refractivity contribution < 1.29 is 8.42 Å². The van der Waals surface area contributed by atoms with Crippen LogP contribution in [0.1, 0.15) is 38.6 Å². The molecule has 0 spiro atoms. The summed E-state index contributed by atoms with van der Waals surface area (Å²) in [5.41, 5.74) is 6.62. The highest BCUT2D eigenvalue weighted by Crippen LogP contribution is 2.37. The molecule has 0 bridgehead atoms. The Bertz CT molecular complexity index is 848. The molecule has 1 atom stereocenters. The van der Waals surface area contributed by atoms with E-state index in [-0.39, 0.29) is 11.5 Å². The lowest BCUT2D eigenvalue weighted by Gasteiger charge is -2.26. The number of nitrogens with zero attached hydrogens (tertiary/aromatic N) is 2. The number of aromatic nitrogens is 1. The van der Waals surface area contributed by atoms with Gasteiger partial charge >= 0.3 is 0 Å². The molecule has 0 amide bonds. The lowest BCUT2D eigenvalue weighted by atomic mass is 9.98. The first-order valence-electron chi connectivity index (χ1n) is 8.24. The number of rotatable bonds is 5. The van der Waals surface area contributed by atoms with Crippen LogP contribution in [0.3, 0.4) is 0 Å². The highest BCUT2D eigenvalue weighted by Gasteiger charge is 2.38. The van der Waals surface area contributed by atoms with Crippen LogP contribution in [-0.4, -0.2) is 37.3 Å². The third kappa shape index (κ3) is 3.22. The van der Waals surface area contributed by atoms with Gasteiger partial charge < -0.3 is 5.73 Å². The molecule has 1 fully saturated rings. The second kappa shape index (κ2) is 6.05. The molecular weight excluding hydrogens is 342 g/mol. The molecule has 2 N–H and O–H groups in total. The van der Waals surface area contributed by atoms with E-state index in [1.807, 2.05) is 0 Å². The van der Waals surface area contributed by atoms with Crippen molar-refractivity contribution in [2.24, 2.45) is 11.7 Å². The molecule has 1 unspecified atom stereocenters. The van der Waals surface area contributed by atoms with E-state index in [9.17, 15) is 8.42 Å². The summed E-state index contributed by atoms with van der Waals surface area (Å²) >= 11 is 1.56. The van der Waals surface area contributed by atoms with Gasteiger partial charge in [-0.05, 0) is 37.0 Å². The fraction of sp³-hybridized carbons (Fsp3) is 0.588. The molecule has 1 aromatic carbocycles. The maximum absolute atomic E-state index is 13.0. The molecule has 24 heavy (non-hydrogen) atoms. The maximum Gasteiger partial charge on any atom is 0.243 e. The van der Waals surface area contributed by atoms with Gasteiger partial charge in [0.05, 0.1) is 20.1 Å². The molecule has 3 rings (SSSR count). The van der Waals surface area contributed by atoms with E-state index in [1.54, 1.807) is 36.6 Å². The Balaban J connectivity index is 1.98. The van der Waals surface area contributed by atoms with Crippen LogP contribution in [0.25, 0.3) is 10.2 Å². The van der Waals surface area contributed by atoms with Crippen molar-refractivity contribution in [2.75, 3.05) is 13.6 Å². The van der Waals surface area contributed by atoms with Gasteiger partial charge in [0.1, 0.15) is 0 Å². The molecule has 0 radical (unpaired) electrons. The number of fused-ring (bicyclic) bond motifs is 1. The van der Waals surface area contributed by atoms with Crippen LogP contribution in [0.4, 0.5) is 0 Å². The second-order valence-electron chi connectivity index (χ2n) is 7.56. The van der Waals surface area contributed by atoms with Crippen LogP contribution in [0.5, 0.6) is 0 Å². The fourth-order valence-electron chi connectivity index (χ4n) is 2.85. The van der Waals surface area contributed by atoms with E-state index in [4.69, 9.17) is 5.73 Å². The topological polar surface area (TPSA) is 76.3 Å². The number of thiazole rings is 1. The molecular formula is C17H25N3O2S2.